The first kappa shape index (κ1) is 13.8. The molecule has 0 fully saturated rings. The van der Waals surface area contributed by atoms with Crippen LogP contribution in [-0.4, -0.2) is 32.0 Å². The Hall–Kier alpha value is -2.24. The molecule has 1 aromatic carbocycles. The van der Waals surface area contributed by atoms with Crippen molar-refractivity contribution in [3.63, 3.8) is 0 Å². The van der Waals surface area contributed by atoms with Crippen molar-refractivity contribution in [2.24, 2.45) is 0 Å². The summed E-state index contributed by atoms with van der Waals surface area (Å²) >= 11 is 0. The summed E-state index contributed by atoms with van der Waals surface area (Å²) in [5.41, 5.74) is 6.49. The molecule has 0 unspecified atom stereocenters. The summed E-state index contributed by atoms with van der Waals surface area (Å²) in [6, 6.07) is 4.84. The van der Waals surface area contributed by atoms with Crippen molar-refractivity contribution < 1.29 is 14.3 Å². The summed E-state index contributed by atoms with van der Waals surface area (Å²) in [6.07, 6.45) is 0. The number of amides is 2. The van der Waals surface area contributed by atoms with Crippen LogP contribution < -0.4 is 21.1 Å². The molecule has 6 heteroatoms. The Morgan fingerprint density at radius 1 is 1.28 bits per heavy atom. The van der Waals surface area contributed by atoms with Gasteiger partial charge in [-0.2, -0.15) is 0 Å². The molecule has 1 aromatic rings. The molecule has 0 saturated carbocycles. The Bertz CT molecular complexity index is 446. The van der Waals surface area contributed by atoms with Gasteiger partial charge in [-0.25, -0.2) is 0 Å². The number of benzene rings is 1. The minimum Gasteiger partial charge on any atom is -0.496 e. The van der Waals surface area contributed by atoms with Gasteiger partial charge < -0.3 is 21.1 Å². The van der Waals surface area contributed by atoms with E-state index in [0.717, 1.165) is 0 Å². The standard InChI is InChI=1S/C12H17N3O3/c1-8(16)14-5-6-15-12(17)10-7-9(13)3-4-11(10)18-2/h3-4,7H,5-6,13H2,1-2H3,(H,14,16)(H,15,17). The van der Waals surface area contributed by atoms with Crippen LogP contribution in [0.2, 0.25) is 0 Å². The van der Waals surface area contributed by atoms with Crippen LogP contribution in [0, 0.1) is 0 Å². The predicted octanol–water partition coefficient (Wildman–Crippen LogP) is 0.143. The lowest BCUT2D eigenvalue weighted by Crippen LogP contribution is -2.33. The summed E-state index contributed by atoms with van der Waals surface area (Å²) in [7, 11) is 1.49. The van der Waals surface area contributed by atoms with Gasteiger partial charge in [-0.3, -0.25) is 9.59 Å². The molecular formula is C12H17N3O3. The van der Waals surface area contributed by atoms with Gasteiger partial charge in [0.05, 0.1) is 12.7 Å². The highest BCUT2D eigenvalue weighted by molar-refractivity contribution is 5.97. The third-order valence-corrected chi connectivity index (χ3v) is 2.25. The number of hydrogen-bond acceptors (Lipinski definition) is 4. The fraction of sp³-hybridized carbons (Fsp3) is 0.333. The first-order valence-corrected chi connectivity index (χ1v) is 5.50. The first-order chi connectivity index (χ1) is 8.54. The Kier molecular flexibility index (Phi) is 4.98. The number of nitrogen functional groups attached to an aromatic ring is 1. The van der Waals surface area contributed by atoms with E-state index in [9.17, 15) is 9.59 Å². The molecule has 0 heterocycles. The fourth-order valence-corrected chi connectivity index (χ4v) is 1.41. The SMILES string of the molecule is COc1ccc(N)cc1C(=O)NCCNC(C)=O. The van der Waals surface area contributed by atoms with Crippen LogP contribution in [0.25, 0.3) is 0 Å². The number of methoxy groups -OCH3 is 1. The number of carbonyl (C=O) groups excluding carboxylic acids is 2. The van der Waals surface area contributed by atoms with Gasteiger partial charge in [0.25, 0.3) is 5.91 Å². The quantitative estimate of drug-likeness (QED) is 0.512. The molecule has 0 aliphatic rings. The fourth-order valence-electron chi connectivity index (χ4n) is 1.41. The van der Waals surface area contributed by atoms with Gasteiger partial charge in [-0.05, 0) is 18.2 Å². The number of rotatable bonds is 5. The van der Waals surface area contributed by atoms with Crippen molar-refractivity contribution in [2.75, 3.05) is 25.9 Å². The minimum atomic E-state index is -0.287. The molecule has 18 heavy (non-hydrogen) atoms. The topological polar surface area (TPSA) is 93.4 Å². The van der Waals surface area contributed by atoms with Crippen molar-refractivity contribution in [1.29, 1.82) is 0 Å². The lowest BCUT2D eigenvalue weighted by molar-refractivity contribution is -0.118. The maximum absolute atomic E-state index is 11.9. The molecule has 0 aliphatic carbocycles. The lowest BCUT2D eigenvalue weighted by Gasteiger charge is -2.10. The zero-order chi connectivity index (χ0) is 13.5. The van der Waals surface area contributed by atoms with E-state index in [4.69, 9.17) is 10.5 Å². The summed E-state index contributed by atoms with van der Waals surface area (Å²) in [6.45, 7) is 2.14. The number of anilines is 1. The van der Waals surface area contributed by atoms with Crippen LogP contribution in [-0.2, 0) is 4.79 Å². The summed E-state index contributed by atoms with van der Waals surface area (Å²) in [5, 5.41) is 5.25. The van der Waals surface area contributed by atoms with E-state index < -0.39 is 0 Å². The molecule has 0 bridgehead atoms. The molecule has 1 rings (SSSR count). The van der Waals surface area contributed by atoms with Gasteiger partial charge in [-0.15, -0.1) is 0 Å². The van der Waals surface area contributed by atoms with E-state index in [1.54, 1.807) is 18.2 Å². The Morgan fingerprint density at radius 2 is 1.94 bits per heavy atom. The zero-order valence-corrected chi connectivity index (χ0v) is 10.4. The average Bonchev–Trinajstić information content (AvgIpc) is 2.34. The largest absolute Gasteiger partial charge is 0.496 e. The molecule has 0 saturated heterocycles. The highest BCUT2D eigenvalue weighted by Crippen LogP contribution is 2.20. The third-order valence-electron chi connectivity index (χ3n) is 2.25. The molecule has 6 nitrogen and oxygen atoms in total. The van der Waals surface area contributed by atoms with Crippen molar-refractivity contribution in [2.45, 2.75) is 6.92 Å². The molecule has 4 N–H and O–H groups in total. The van der Waals surface area contributed by atoms with Crippen LogP contribution in [0.4, 0.5) is 5.69 Å². The van der Waals surface area contributed by atoms with Crippen LogP contribution >= 0.6 is 0 Å². The smallest absolute Gasteiger partial charge is 0.255 e. The second-order valence-corrected chi connectivity index (χ2v) is 3.70. The van der Waals surface area contributed by atoms with Crippen molar-refractivity contribution in [1.82, 2.24) is 10.6 Å². The molecular weight excluding hydrogens is 234 g/mol. The van der Waals surface area contributed by atoms with Crippen LogP contribution in [0.1, 0.15) is 17.3 Å². The zero-order valence-electron chi connectivity index (χ0n) is 10.4. The molecule has 98 valence electrons. The van der Waals surface area contributed by atoms with Gasteiger partial charge >= 0.3 is 0 Å². The summed E-state index contributed by atoms with van der Waals surface area (Å²) < 4.78 is 5.08. The Labute approximate surface area is 105 Å². The second kappa shape index (κ2) is 6.48. The predicted molar refractivity (Wildman–Crippen MR) is 68.4 cm³/mol. The van der Waals surface area contributed by atoms with Gasteiger partial charge in [-0.1, -0.05) is 0 Å². The third kappa shape index (κ3) is 3.97. The average molecular weight is 251 g/mol. The van der Waals surface area contributed by atoms with Crippen LogP contribution in [0.3, 0.4) is 0 Å². The summed E-state index contributed by atoms with van der Waals surface area (Å²) in [5.74, 6) is 0.0384. The van der Waals surface area contributed by atoms with Gasteiger partial charge in [0.2, 0.25) is 5.91 Å². The number of nitrogens with two attached hydrogens (primary N) is 1. The van der Waals surface area contributed by atoms with Crippen LogP contribution in [0.15, 0.2) is 18.2 Å². The highest BCUT2D eigenvalue weighted by atomic mass is 16.5. The monoisotopic (exact) mass is 251 g/mol. The van der Waals surface area contributed by atoms with Crippen molar-refractivity contribution in [3.8, 4) is 5.75 Å². The van der Waals surface area contributed by atoms with Crippen LogP contribution in [0.5, 0.6) is 5.75 Å². The molecule has 0 spiro atoms. The second-order valence-electron chi connectivity index (χ2n) is 3.70. The maximum Gasteiger partial charge on any atom is 0.255 e. The number of carbonyl (C=O) groups is 2. The molecule has 0 aliphatic heterocycles. The van der Waals surface area contributed by atoms with Gasteiger partial charge in [0.1, 0.15) is 5.75 Å². The van der Waals surface area contributed by atoms with Crippen molar-refractivity contribution >= 4 is 17.5 Å². The Morgan fingerprint density at radius 3 is 2.56 bits per heavy atom. The number of ether oxygens (including phenoxy) is 1. The molecule has 0 radical (unpaired) electrons. The van der Waals surface area contributed by atoms with E-state index in [2.05, 4.69) is 10.6 Å². The van der Waals surface area contributed by atoms with E-state index in [1.165, 1.54) is 14.0 Å². The summed E-state index contributed by atoms with van der Waals surface area (Å²) in [4.78, 5) is 22.5. The van der Waals surface area contributed by atoms with E-state index in [0.29, 0.717) is 30.1 Å². The highest BCUT2D eigenvalue weighted by Gasteiger charge is 2.11. The molecule has 0 aromatic heterocycles. The minimum absolute atomic E-state index is 0.134. The lowest BCUT2D eigenvalue weighted by atomic mass is 10.1. The normalized spacial score (nSPS) is 9.67. The number of hydrogen-bond donors (Lipinski definition) is 3. The number of nitrogens with one attached hydrogen (secondary N) is 2. The molecule has 2 amide bonds. The maximum atomic E-state index is 11.9. The van der Waals surface area contributed by atoms with E-state index in [-0.39, 0.29) is 11.8 Å². The van der Waals surface area contributed by atoms with E-state index in [1.807, 2.05) is 0 Å². The first-order valence-electron chi connectivity index (χ1n) is 5.50. The molecule has 0 atom stereocenters. The van der Waals surface area contributed by atoms with E-state index >= 15 is 0 Å². The van der Waals surface area contributed by atoms with Crippen molar-refractivity contribution in [3.05, 3.63) is 23.8 Å². The van der Waals surface area contributed by atoms with Gasteiger partial charge in [0.15, 0.2) is 0 Å². The van der Waals surface area contributed by atoms with Gasteiger partial charge in [0, 0.05) is 25.7 Å². The Balaban J connectivity index is 2.60.